The lowest BCUT2D eigenvalue weighted by molar-refractivity contribution is 0.229. The SMILES string of the molecule is N[C@H]1CC[C@H](CO)C1. The molecule has 0 aliphatic heterocycles. The summed E-state index contributed by atoms with van der Waals surface area (Å²) in [6.07, 6.45) is 3.25. The number of nitrogens with two attached hydrogens (primary N) is 1. The fraction of sp³-hybridized carbons (Fsp3) is 1.00. The molecule has 1 saturated carbocycles. The average Bonchev–Trinajstić information content (AvgIpc) is 2.14. The molecular weight excluding hydrogens is 102 g/mol. The third kappa shape index (κ3) is 1.20. The summed E-state index contributed by atoms with van der Waals surface area (Å²) in [7, 11) is 0. The minimum atomic E-state index is 0.327. The maximum absolute atomic E-state index is 8.63. The highest BCUT2D eigenvalue weighted by atomic mass is 16.3. The van der Waals surface area contributed by atoms with E-state index in [0.29, 0.717) is 18.6 Å². The molecule has 1 rings (SSSR count). The first-order chi connectivity index (χ1) is 3.83. The standard InChI is InChI=1S/C6H13NO/c7-6-2-1-5(3-6)4-8/h5-6,8H,1-4,7H2/t5-,6-/m0/s1. The Balaban J connectivity index is 2.22. The molecule has 2 atom stereocenters. The molecule has 0 heterocycles. The molecule has 0 aromatic rings. The molecule has 1 aliphatic rings. The minimum absolute atomic E-state index is 0.327. The van der Waals surface area contributed by atoms with E-state index in [1.165, 1.54) is 0 Å². The van der Waals surface area contributed by atoms with E-state index in [-0.39, 0.29) is 0 Å². The van der Waals surface area contributed by atoms with Crippen molar-refractivity contribution in [2.75, 3.05) is 6.61 Å². The van der Waals surface area contributed by atoms with Gasteiger partial charge in [-0.2, -0.15) is 0 Å². The zero-order chi connectivity index (χ0) is 5.98. The third-order valence-corrected chi connectivity index (χ3v) is 1.84. The first-order valence-corrected chi connectivity index (χ1v) is 3.19. The van der Waals surface area contributed by atoms with Gasteiger partial charge in [0.05, 0.1) is 0 Å². The van der Waals surface area contributed by atoms with Gasteiger partial charge < -0.3 is 10.8 Å². The van der Waals surface area contributed by atoms with Crippen LogP contribution in [0.15, 0.2) is 0 Å². The lowest BCUT2D eigenvalue weighted by atomic mass is 10.1. The molecule has 0 aromatic carbocycles. The van der Waals surface area contributed by atoms with Gasteiger partial charge in [-0.25, -0.2) is 0 Å². The van der Waals surface area contributed by atoms with Crippen molar-refractivity contribution in [3.05, 3.63) is 0 Å². The van der Waals surface area contributed by atoms with Crippen molar-refractivity contribution in [1.29, 1.82) is 0 Å². The summed E-state index contributed by atoms with van der Waals surface area (Å²) >= 11 is 0. The van der Waals surface area contributed by atoms with Crippen LogP contribution in [0.3, 0.4) is 0 Å². The predicted molar refractivity (Wildman–Crippen MR) is 32.4 cm³/mol. The van der Waals surface area contributed by atoms with Crippen LogP contribution < -0.4 is 5.73 Å². The number of hydrogen-bond acceptors (Lipinski definition) is 2. The molecule has 1 aliphatic carbocycles. The second-order valence-corrected chi connectivity index (χ2v) is 2.62. The molecule has 0 amide bonds. The van der Waals surface area contributed by atoms with E-state index in [2.05, 4.69) is 0 Å². The van der Waals surface area contributed by atoms with E-state index in [9.17, 15) is 0 Å². The second-order valence-electron chi connectivity index (χ2n) is 2.62. The summed E-state index contributed by atoms with van der Waals surface area (Å²) in [5.74, 6) is 0.505. The monoisotopic (exact) mass is 115 g/mol. The van der Waals surface area contributed by atoms with E-state index in [1.54, 1.807) is 0 Å². The average molecular weight is 115 g/mol. The smallest absolute Gasteiger partial charge is 0.0459 e. The summed E-state index contributed by atoms with van der Waals surface area (Å²) in [4.78, 5) is 0. The van der Waals surface area contributed by atoms with Crippen molar-refractivity contribution >= 4 is 0 Å². The molecule has 0 spiro atoms. The van der Waals surface area contributed by atoms with Crippen molar-refractivity contribution in [3.63, 3.8) is 0 Å². The Labute approximate surface area is 49.7 Å². The first-order valence-electron chi connectivity index (χ1n) is 3.19. The Morgan fingerprint density at radius 2 is 2.25 bits per heavy atom. The topological polar surface area (TPSA) is 46.2 Å². The molecule has 0 saturated heterocycles. The number of rotatable bonds is 1. The Bertz CT molecular complexity index is 74.9. The van der Waals surface area contributed by atoms with E-state index in [0.717, 1.165) is 19.3 Å². The zero-order valence-electron chi connectivity index (χ0n) is 5.01. The Kier molecular flexibility index (Phi) is 1.86. The third-order valence-electron chi connectivity index (χ3n) is 1.84. The summed E-state index contributed by atoms with van der Waals surface area (Å²) in [6, 6.07) is 0.368. The maximum Gasteiger partial charge on any atom is 0.0459 e. The lowest BCUT2D eigenvalue weighted by Gasteiger charge is -2.01. The van der Waals surface area contributed by atoms with Crippen molar-refractivity contribution in [3.8, 4) is 0 Å². The normalized spacial score (nSPS) is 38.2. The van der Waals surface area contributed by atoms with Crippen LogP contribution in [0, 0.1) is 5.92 Å². The molecule has 0 bridgehead atoms. The van der Waals surface area contributed by atoms with Crippen LogP contribution in [0.4, 0.5) is 0 Å². The Morgan fingerprint density at radius 3 is 2.50 bits per heavy atom. The number of hydrogen-bond donors (Lipinski definition) is 2. The molecule has 0 unspecified atom stereocenters. The van der Waals surface area contributed by atoms with Crippen LogP contribution in [0.1, 0.15) is 19.3 Å². The van der Waals surface area contributed by atoms with Crippen LogP contribution in [0.2, 0.25) is 0 Å². The molecule has 2 nitrogen and oxygen atoms in total. The predicted octanol–water partition coefficient (Wildman–Crippen LogP) is 0.106. The van der Waals surface area contributed by atoms with Crippen LogP contribution in [-0.4, -0.2) is 17.8 Å². The van der Waals surface area contributed by atoms with E-state index < -0.39 is 0 Å². The maximum atomic E-state index is 8.63. The molecular formula is C6H13NO. The van der Waals surface area contributed by atoms with Crippen molar-refractivity contribution in [2.45, 2.75) is 25.3 Å². The van der Waals surface area contributed by atoms with Crippen LogP contribution >= 0.6 is 0 Å². The fourth-order valence-electron chi connectivity index (χ4n) is 1.28. The highest BCUT2D eigenvalue weighted by Gasteiger charge is 2.19. The van der Waals surface area contributed by atoms with Crippen molar-refractivity contribution in [1.82, 2.24) is 0 Å². The Morgan fingerprint density at radius 1 is 1.50 bits per heavy atom. The van der Waals surface area contributed by atoms with Gasteiger partial charge in [0.15, 0.2) is 0 Å². The Hall–Kier alpha value is -0.0800. The molecule has 3 N–H and O–H groups in total. The van der Waals surface area contributed by atoms with Gasteiger partial charge >= 0.3 is 0 Å². The highest BCUT2D eigenvalue weighted by molar-refractivity contribution is 4.76. The molecule has 2 heteroatoms. The minimum Gasteiger partial charge on any atom is -0.396 e. The van der Waals surface area contributed by atoms with Gasteiger partial charge in [-0.05, 0) is 25.2 Å². The zero-order valence-corrected chi connectivity index (χ0v) is 5.01. The van der Waals surface area contributed by atoms with Crippen LogP contribution in [0.25, 0.3) is 0 Å². The molecule has 48 valence electrons. The van der Waals surface area contributed by atoms with E-state index in [1.807, 2.05) is 0 Å². The van der Waals surface area contributed by atoms with Gasteiger partial charge in [0.2, 0.25) is 0 Å². The van der Waals surface area contributed by atoms with Gasteiger partial charge in [-0.1, -0.05) is 0 Å². The summed E-state index contributed by atoms with van der Waals surface area (Å²) in [5, 5.41) is 8.63. The van der Waals surface area contributed by atoms with Crippen LogP contribution in [-0.2, 0) is 0 Å². The first kappa shape index (κ1) is 6.05. The van der Waals surface area contributed by atoms with Crippen molar-refractivity contribution in [2.24, 2.45) is 11.7 Å². The van der Waals surface area contributed by atoms with Gasteiger partial charge in [0, 0.05) is 12.6 Å². The highest BCUT2D eigenvalue weighted by Crippen LogP contribution is 2.22. The fourth-order valence-corrected chi connectivity index (χ4v) is 1.28. The molecule has 0 radical (unpaired) electrons. The second kappa shape index (κ2) is 2.46. The number of aliphatic hydroxyl groups is 1. The van der Waals surface area contributed by atoms with E-state index >= 15 is 0 Å². The number of aliphatic hydroxyl groups excluding tert-OH is 1. The summed E-state index contributed by atoms with van der Waals surface area (Å²) in [6.45, 7) is 0.327. The van der Waals surface area contributed by atoms with Gasteiger partial charge in [0.1, 0.15) is 0 Å². The van der Waals surface area contributed by atoms with Gasteiger partial charge in [-0.3, -0.25) is 0 Å². The van der Waals surface area contributed by atoms with E-state index in [4.69, 9.17) is 10.8 Å². The largest absolute Gasteiger partial charge is 0.396 e. The molecule has 1 fully saturated rings. The summed E-state index contributed by atoms with van der Waals surface area (Å²) < 4.78 is 0. The van der Waals surface area contributed by atoms with Gasteiger partial charge in [0.25, 0.3) is 0 Å². The summed E-state index contributed by atoms with van der Waals surface area (Å²) in [5.41, 5.74) is 5.59. The van der Waals surface area contributed by atoms with Crippen LogP contribution in [0.5, 0.6) is 0 Å². The quantitative estimate of drug-likeness (QED) is 0.509. The van der Waals surface area contributed by atoms with Gasteiger partial charge in [-0.15, -0.1) is 0 Å². The lowest BCUT2D eigenvalue weighted by Crippen LogP contribution is -2.15. The van der Waals surface area contributed by atoms with Crippen molar-refractivity contribution < 1.29 is 5.11 Å². The molecule has 8 heavy (non-hydrogen) atoms. The molecule has 0 aromatic heterocycles.